The molecule has 0 atom stereocenters. The second-order valence-electron chi connectivity index (χ2n) is 15.4. The van der Waals surface area contributed by atoms with Gasteiger partial charge in [0.05, 0.1) is 33.9 Å². The molecule has 1 fully saturated rings. The van der Waals surface area contributed by atoms with Crippen LogP contribution in [0.2, 0.25) is 0 Å². The summed E-state index contributed by atoms with van der Waals surface area (Å²) in [6.07, 6.45) is 6.33. The van der Waals surface area contributed by atoms with Crippen molar-refractivity contribution >= 4 is 50.1 Å². The Balaban J connectivity index is 0.000000169. The molecule has 59 heavy (non-hydrogen) atoms. The second kappa shape index (κ2) is 18.0. The van der Waals surface area contributed by atoms with Gasteiger partial charge in [-0.15, -0.1) is 0 Å². The Morgan fingerprint density at radius 3 is 1.36 bits per heavy atom. The molecule has 0 aliphatic heterocycles. The van der Waals surface area contributed by atoms with Gasteiger partial charge in [0.1, 0.15) is 11.6 Å². The number of fused-ring (bicyclic) bond motifs is 2. The molecule has 1 saturated carbocycles. The fourth-order valence-electron chi connectivity index (χ4n) is 8.61. The van der Waals surface area contributed by atoms with Crippen molar-refractivity contribution in [1.29, 1.82) is 0 Å². The van der Waals surface area contributed by atoms with Crippen LogP contribution in [-0.4, -0.2) is 32.2 Å². The van der Waals surface area contributed by atoms with Crippen molar-refractivity contribution in [3.05, 3.63) is 216 Å². The predicted octanol–water partition coefficient (Wildman–Crippen LogP) is 11.1. The molecular weight excluding hydrogens is 841 g/mol. The molecule has 1 aliphatic carbocycles. The molecule has 0 unspecified atom stereocenters. The van der Waals surface area contributed by atoms with E-state index in [0.29, 0.717) is 22.6 Å². The number of hydrogen-bond donors (Lipinski definition) is 0. The third-order valence-electron chi connectivity index (χ3n) is 11.6. The zero-order chi connectivity index (χ0) is 40.9. The molecule has 7 nitrogen and oxygen atoms in total. The van der Waals surface area contributed by atoms with Crippen LogP contribution in [0.5, 0.6) is 0 Å². The lowest BCUT2D eigenvalue weighted by molar-refractivity contribution is 0.427. The average Bonchev–Trinajstić information content (AvgIpc) is 3.28. The van der Waals surface area contributed by atoms with Crippen LogP contribution in [0.4, 0.5) is 5.69 Å². The van der Waals surface area contributed by atoms with Gasteiger partial charge in [-0.3, -0.25) is 18.7 Å². The fourth-order valence-corrected chi connectivity index (χ4v) is 9.10. The molecule has 0 saturated heterocycles. The van der Waals surface area contributed by atoms with Gasteiger partial charge in [0.25, 0.3) is 11.1 Å². The minimum atomic E-state index is -0.225. The highest BCUT2D eigenvalue weighted by Crippen LogP contribution is 2.31. The SMILES string of the molecule is Cc1nc2ccc(I)cc2c(=O)n1C(c1ccccc1)c1ccccc1.Cc1nc2ccc(N(C)C3CCCCC3)cc2c(=O)n1C(c1ccccc1)c1ccccc1. The van der Waals surface area contributed by atoms with Gasteiger partial charge in [-0.05, 0) is 108 Å². The van der Waals surface area contributed by atoms with Gasteiger partial charge in [-0.25, -0.2) is 9.97 Å². The van der Waals surface area contributed by atoms with Gasteiger partial charge in [-0.1, -0.05) is 141 Å². The highest BCUT2D eigenvalue weighted by atomic mass is 127. The Morgan fingerprint density at radius 1 is 0.542 bits per heavy atom. The molecule has 0 amide bonds. The standard InChI is InChI=1S/C29H31N3O.C22H17IN2O/c1-21-30-27-19-18-25(31(2)24-16-10-5-11-17-24)20-26(27)29(33)32(21)28(22-12-6-3-7-13-22)23-14-8-4-9-15-23;1-15-24-20-13-12-18(23)14-19(20)22(26)25(15)21(16-8-4-2-5-9-16)17-10-6-3-7-11-17/h3-4,6-9,12-15,18-20,24,28H,5,10-11,16-17H2,1-2H3;2-14,21H,1H3. The molecular formula is C51H48IN5O2. The first kappa shape index (κ1) is 39.9. The van der Waals surface area contributed by atoms with Gasteiger partial charge < -0.3 is 4.90 Å². The number of aromatic nitrogens is 4. The minimum absolute atomic E-state index is 0.00843. The maximum absolute atomic E-state index is 14.0. The van der Waals surface area contributed by atoms with Crippen molar-refractivity contribution in [3.8, 4) is 0 Å². The predicted molar refractivity (Wildman–Crippen MR) is 250 cm³/mol. The molecule has 1 aliphatic rings. The number of nitrogens with zero attached hydrogens (tertiary/aromatic N) is 5. The quantitative estimate of drug-likeness (QED) is 0.142. The average molecular weight is 890 g/mol. The topological polar surface area (TPSA) is 73.0 Å². The normalized spacial score (nSPS) is 13.1. The zero-order valence-corrected chi connectivity index (χ0v) is 35.9. The van der Waals surface area contributed by atoms with E-state index in [1.165, 1.54) is 32.1 Å². The van der Waals surface area contributed by atoms with E-state index in [-0.39, 0.29) is 23.2 Å². The minimum Gasteiger partial charge on any atom is -0.372 e. The van der Waals surface area contributed by atoms with Crippen LogP contribution in [-0.2, 0) is 0 Å². The Morgan fingerprint density at radius 2 is 0.932 bits per heavy atom. The van der Waals surface area contributed by atoms with Crippen molar-refractivity contribution in [2.75, 3.05) is 11.9 Å². The summed E-state index contributed by atoms with van der Waals surface area (Å²) in [7, 11) is 2.16. The third-order valence-corrected chi connectivity index (χ3v) is 12.3. The molecule has 2 aromatic heterocycles. The molecule has 0 bridgehead atoms. The molecule has 8 aromatic rings. The maximum Gasteiger partial charge on any atom is 0.262 e. The molecule has 6 aromatic carbocycles. The van der Waals surface area contributed by atoms with E-state index in [4.69, 9.17) is 9.97 Å². The Kier molecular flexibility index (Phi) is 12.2. The van der Waals surface area contributed by atoms with Crippen LogP contribution in [0, 0.1) is 17.4 Å². The summed E-state index contributed by atoms with van der Waals surface area (Å²) in [5.74, 6) is 1.43. The highest BCUT2D eigenvalue weighted by molar-refractivity contribution is 14.1. The molecule has 2 heterocycles. The molecule has 296 valence electrons. The van der Waals surface area contributed by atoms with Crippen LogP contribution in [0.25, 0.3) is 21.8 Å². The lowest BCUT2D eigenvalue weighted by atomic mass is 9.94. The van der Waals surface area contributed by atoms with E-state index in [9.17, 15) is 9.59 Å². The van der Waals surface area contributed by atoms with E-state index in [0.717, 1.165) is 48.4 Å². The summed E-state index contributed by atoms with van der Waals surface area (Å²) < 4.78 is 4.70. The van der Waals surface area contributed by atoms with Crippen molar-refractivity contribution in [3.63, 3.8) is 0 Å². The maximum atomic E-state index is 14.0. The Hall–Kier alpha value is -5.87. The number of halogens is 1. The van der Waals surface area contributed by atoms with E-state index >= 15 is 0 Å². The van der Waals surface area contributed by atoms with E-state index in [2.05, 4.69) is 89.1 Å². The molecule has 8 heteroatoms. The Labute approximate surface area is 359 Å². The van der Waals surface area contributed by atoms with Crippen molar-refractivity contribution in [2.45, 2.75) is 64.1 Å². The van der Waals surface area contributed by atoms with Gasteiger partial charge >= 0.3 is 0 Å². The monoisotopic (exact) mass is 889 g/mol. The molecule has 0 N–H and O–H groups in total. The number of rotatable bonds is 8. The first-order valence-corrected chi connectivity index (χ1v) is 21.5. The number of hydrogen-bond acceptors (Lipinski definition) is 5. The van der Waals surface area contributed by atoms with E-state index < -0.39 is 0 Å². The smallest absolute Gasteiger partial charge is 0.262 e. The fraction of sp³-hybridized carbons (Fsp3) is 0.216. The summed E-state index contributed by atoms with van der Waals surface area (Å²) in [6, 6.07) is 52.7. The van der Waals surface area contributed by atoms with Gasteiger partial charge in [0.15, 0.2) is 0 Å². The third kappa shape index (κ3) is 8.50. The van der Waals surface area contributed by atoms with E-state index in [1.807, 2.05) is 126 Å². The molecule has 9 rings (SSSR count). The van der Waals surface area contributed by atoms with Gasteiger partial charge in [-0.2, -0.15) is 0 Å². The van der Waals surface area contributed by atoms with Crippen molar-refractivity contribution < 1.29 is 0 Å². The first-order chi connectivity index (χ1) is 28.8. The van der Waals surface area contributed by atoms with Crippen molar-refractivity contribution in [1.82, 2.24) is 19.1 Å². The Bertz CT molecular complexity index is 2720. The van der Waals surface area contributed by atoms with Gasteiger partial charge in [0, 0.05) is 22.3 Å². The van der Waals surface area contributed by atoms with Crippen LogP contribution in [0.1, 0.15) is 78.1 Å². The number of aryl methyl sites for hydroxylation is 2. The summed E-state index contributed by atoms with van der Waals surface area (Å²) in [5.41, 5.74) is 6.87. The van der Waals surface area contributed by atoms with E-state index in [1.54, 1.807) is 0 Å². The highest BCUT2D eigenvalue weighted by Gasteiger charge is 2.24. The van der Waals surface area contributed by atoms with Gasteiger partial charge in [0.2, 0.25) is 0 Å². The summed E-state index contributed by atoms with van der Waals surface area (Å²) >= 11 is 2.23. The summed E-state index contributed by atoms with van der Waals surface area (Å²) in [5, 5.41) is 1.33. The first-order valence-electron chi connectivity index (χ1n) is 20.4. The summed E-state index contributed by atoms with van der Waals surface area (Å²) in [6.45, 7) is 3.83. The van der Waals surface area contributed by atoms with Crippen LogP contribution in [0.3, 0.4) is 0 Å². The van der Waals surface area contributed by atoms with Crippen LogP contribution in [0.15, 0.2) is 167 Å². The largest absolute Gasteiger partial charge is 0.372 e. The van der Waals surface area contributed by atoms with Crippen molar-refractivity contribution in [2.24, 2.45) is 0 Å². The second-order valence-corrected chi connectivity index (χ2v) is 16.6. The lowest BCUT2D eigenvalue weighted by Gasteiger charge is -2.33. The van der Waals surface area contributed by atoms with Crippen LogP contribution < -0.4 is 16.0 Å². The number of anilines is 1. The zero-order valence-electron chi connectivity index (χ0n) is 33.7. The summed E-state index contributed by atoms with van der Waals surface area (Å²) in [4.78, 5) is 39.3. The molecule has 0 radical (unpaired) electrons. The van der Waals surface area contributed by atoms with Crippen LogP contribution >= 0.6 is 22.6 Å². The number of benzene rings is 6. The lowest BCUT2D eigenvalue weighted by Crippen LogP contribution is -2.33. The molecule has 0 spiro atoms.